The van der Waals surface area contributed by atoms with E-state index in [0.29, 0.717) is 6.42 Å². The lowest BCUT2D eigenvalue weighted by molar-refractivity contribution is 0.629. The molecule has 0 aliphatic rings. The number of rotatable bonds is 3. The zero-order valence-electron chi connectivity index (χ0n) is 9.27. The summed E-state index contributed by atoms with van der Waals surface area (Å²) in [5.41, 5.74) is 7.23. The van der Waals surface area contributed by atoms with Crippen LogP contribution in [0.3, 0.4) is 0 Å². The van der Waals surface area contributed by atoms with Crippen molar-refractivity contribution in [2.45, 2.75) is 12.5 Å². The Morgan fingerprint density at radius 2 is 1.94 bits per heavy atom. The average Bonchev–Trinajstić information content (AvgIpc) is 2.63. The molecule has 17 heavy (non-hydrogen) atoms. The van der Waals surface area contributed by atoms with Crippen LogP contribution in [0.2, 0.25) is 0 Å². The lowest BCUT2D eigenvalue weighted by atomic mass is 10.0. The van der Waals surface area contributed by atoms with Gasteiger partial charge in [0.05, 0.1) is 0 Å². The molecule has 90 valence electrons. The fourth-order valence-corrected chi connectivity index (χ4v) is 2.94. The highest BCUT2D eigenvalue weighted by atomic mass is 79.9. The third kappa shape index (κ3) is 3.14. The van der Waals surface area contributed by atoms with Crippen molar-refractivity contribution in [3.63, 3.8) is 0 Å². The van der Waals surface area contributed by atoms with E-state index in [0.717, 1.165) is 20.3 Å². The van der Waals surface area contributed by atoms with Gasteiger partial charge >= 0.3 is 0 Å². The predicted octanol–water partition coefficient (Wildman–Crippen LogP) is 2.58. The van der Waals surface area contributed by atoms with Gasteiger partial charge in [0.15, 0.2) is 0 Å². The Labute approximate surface area is 116 Å². The summed E-state index contributed by atoms with van der Waals surface area (Å²) in [6.45, 7) is 0. The van der Waals surface area contributed by atoms with Crippen molar-refractivity contribution in [3.05, 3.63) is 44.9 Å². The Bertz CT molecular complexity index is 504. The van der Waals surface area contributed by atoms with Gasteiger partial charge in [-0.25, -0.2) is 4.98 Å². The highest BCUT2D eigenvalue weighted by molar-refractivity contribution is 9.11. The topological polar surface area (TPSA) is 56.7 Å². The first-order valence-electron chi connectivity index (χ1n) is 5.10. The summed E-state index contributed by atoms with van der Waals surface area (Å²) in [4.78, 5) is 4.17. The number of nitrogens with two attached hydrogens (primary N) is 1. The number of aromatic nitrogens is 3. The fourth-order valence-electron chi connectivity index (χ4n) is 1.61. The molecule has 0 fully saturated rings. The zero-order valence-corrected chi connectivity index (χ0v) is 12.4. The molecule has 6 heteroatoms. The number of hydrogen-bond donors (Lipinski definition) is 1. The number of aryl methyl sites for hydroxylation is 1. The number of nitrogens with zero attached hydrogens (tertiary/aromatic N) is 3. The molecule has 0 spiro atoms. The van der Waals surface area contributed by atoms with Crippen LogP contribution < -0.4 is 5.73 Å². The molecule has 1 heterocycles. The van der Waals surface area contributed by atoms with E-state index in [2.05, 4.69) is 41.9 Å². The molecular formula is C11H12Br2N4. The van der Waals surface area contributed by atoms with E-state index >= 15 is 0 Å². The summed E-state index contributed by atoms with van der Waals surface area (Å²) in [7, 11) is 1.87. The van der Waals surface area contributed by atoms with Crippen LogP contribution in [0.25, 0.3) is 0 Å². The fraction of sp³-hybridized carbons (Fsp3) is 0.273. The Kier molecular flexibility index (Phi) is 3.96. The van der Waals surface area contributed by atoms with Gasteiger partial charge in [-0.2, -0.15) is 5.10 Å². The maximum absolute atomic E-state index is 6.17. The normalized spacial score (nSPS) is 12.7. The minimum absolute atomic E-state index is 0.0910. The third-order valence-electron chi connectivity index (χ3n) is 2.52. The average molecular weight is 360 g/mol. The Morgan fingerprint density at radius 3 is 2.47 bits per heavy atom. The van der Waals surface area contributed by atoms with Crippen LogP contribution in [-0.2, 0) is 13.5 Å². The van der Waals surface area contributed by atoms with Crippen LogP contribution >= 0.6 is 31.9 Å². The summed E-state index contributed by atoms with van der Waals surface area (Å²) < 4.78 is 3.76. The van der Waals surface area contributed by atoms with Crippen LogP contribution in [0.5, 0.6) is 0 Å². The van der Waals surface area contributed by atoms with E-state index in [1.165, 1.54) is 0 Å². The van der Waals surface area contributed by atoms with E-state index in [1.807, 2.05) is 25.2 Å². The van der Waals surface area contributed by atoms with Crippen molar-refractivity contribution in [1.29, 1.82) is 0 Å². The molecule has 2 aromatic rings. The first-order chi connectivity index (χ1) is 8.06. The maximum atomic E-state index is 6.17. The third-order valence-corrected chi connectivity index (χ3v) is 3.44. The van der Waals surface area contributed by atoms with Crippen molar-refractivity contribution in [2.24, 2.45) is 12.8 Å². The van der Waals surface area contributed by atoms with E-state index < -0.39 is 0 Å². The highest BCUT2D eigenvalue weighted by Crippen LogP contribution is 2.24. The molecule has 0 radical (unpaired) electrons. The minimum Gasteiger partial charge on any atom is -0.324 e. The predicted molar refractivity (Wildman–Crippen MR) is 73.5 cm³/mol. The number of halogens is 2. The van der Waals surface area contributed by atoms with Crippen LogP contribution in [0.15, 0.2) is 33.5 Å². The summed E-state index contributed by atoms with van der Waals surface area (Å²) in [5, 5.41) is 4.03. The van der Waals surface area contributed by atoms with Crippen molar-refractivity contribution in [2.75, 3.05) is 0 Å². The van der Waals surface area contributed by atoms with Gasteiger partial charge in [-0.05, 0) is 23.8 Å². The van der Waals surface area contributed by atoms with E-state index in [1.54, 1.807) is 11.0 Å². The Balaban J connectivity index is 2.20. The molecule has 0 saturated carbocycles. The van der Waals surface area contributed by atoms with Gasteiger partial charge in [-0.3, -0.25) is 4.68 Å². The van der Waals surface area contributed by atoms with Gasteiger partial charge in [-0.15, -0.1) is 0 Å². The molecule has 0 aliphatic heterocycles. The molecule has 1 aromatic heterocycles. The van der Waals surface area contributed by atoms with Gasteiger partial charge in [0, 0.05) is 28.5 Å². The molecular weight excluding hydrogens is 348 g/mol. The van der Waals surface area contributed by atoms with Gasteiger partial charge in [0.25, 0.3) is 0 Å². The summed E-state index contributed by atoms with van der Waals surface area (Å²) in [6.07, 6.45) is 2.21. The number of benzene rings is 1. The van der Waals surface area contributed by atoms with E-state index in [4.69, 9.17) is 5.73 Å². The van der Waals surface area contributed by atoms with Gasteiger partial charge < -0.3 is 5.73 Å². The van der Waals surface area contributed by atoms with E-state index in [-0.39, 0.29) is 6.04 Å². The quantitative estimate of drug-likeness (QED) is 0.916. The first kappa shape index (κ1) is 12.7. The van der Waals surface area contributed by atoms with Gasteiger partial charge in [0.1, 0.15) is 12.2 Å². The van der Waals surface area contributed by atoms with Crippen LogP contribution in [0.1, 0.15) is 17.4 Å². The molecule has 2 N–H and O–H groups in total. The standard InChI is InChI=1S/C11H12Br2N4/c1-17-11(15-6-16-17)5-10(14)7-2-8(12)4-9(13)3-7/h2-4,6,10H,5,14H2,1H3. The zero-order chi connectivity index (χ0) is 12.4. The summed E-state index contributed by atoms with van der Waals surface area (Å²) in [5.74, 6) is 0.883. The Hall–Kier alpha value is -0.720. The molecule has 0 amide bonds. The Morgan fingerprint density at radius 1 is 1.29 bits per heavy atom. The van der Waals surface area contributed by atoms with Crippen LogP contribution in [0.4, 0.5) is 0 Å². The number of hydrogen-bond acceptors (Lipinski definition) is 3. The second kappa shape index (κ2) is 5.29. The van der Waals surface area contributed by atoms with Crippen molar-refractivity contribution >= 4 is 31.9 Å². The van der Waals surface area contributed by atoms with Crippen LogP contribution in [0, 0.1) is 0 Å². The molecule has 1 aromatic carbocycles. The summed E-state index contributed by atoms with van der Waals surface area (Å²) >= 11 is 6.91. The van der Waals surface area contributed by atoms with Gasteiger partial charge in [0.2, 0.25) is 0 Å². The molecule has 2 rings (SSSR count). The monoisotopic (exact) mass is 358 g/mol. The van der Waals surface area contributed by atoms with Crippen molar-refractivity contribution < 1.29 is 0 Å². The highest BCUT2D eigenvalue weighted by Gasteiger charge is 2.11. The summed E-state index contributed by atoms with van der Waals surface area (Å²) in [6, 6.07) is 5.93. The SMILES string of the molecule is Cn1ncnc1CC(N)c1cc(Br)cc(Br)c1. The lowest BCUT2D eigenvalue weighted by Gasteiger charge is -2.12. The molecule has 0 aliphatic carbocycles. The second-order valence-electron chi connectivity index (χ2n) is 3.81. The molecule has 0 bridgehead atoms. The smallest absolute Gasteiger partial charge is 0.138 e. The molecule has 1 unspecified atom stereocenters. The first-order valence-corrected chi connectivity index (χ1v) is 6.69. The second-order valence-corrected chi connectivity index (χ2v) is 5.64. The molecule has 4 nitrogen and oxygen atoms in total. The van der Waals surface area contributed by atoms with Crippen LogP contribution in [-0.4, -0.2) is 14.8 Å². The molecule has 0 saturated heterocycles. The van der Waals surface area contributed by atoms with E-state index in [9.17, 15) is 0 Å². The largest absolute Gasteiger partial charge is 0.324 e. The van der Waals surface area contributed by atoms with Gasteiger partial charge in [-0.1, -0.05) is 31.9 Å². The van der Waals surface area contributed by atoms with Crippen molar-refractivity contribution in [1.82, 2.24) is 14.8 Å². The van der Waals surface area contributed by atoms with Crippen molar-refractivity contribution in [3.8, 4) is 0 Å². The minimum atomic E-state index is -0.0910. The maximum Gasteiger partial charge on any atom is 0.138 e. The lowest BCUT2D eigenvalue weighted by Crippen LogP contribution is -2.16. The molecule has 1 atom stereocenters.